The Morgan fingerprint density at radius 2 is 1.68 bits per heavy atom. The molecule has 2 N–H and O–H groups in total. The molecule has 38 heavy (non-hydrogen) atoms. The van der Waals surface area contributed by atoms with E-state index < -0.39 is 5.54 Å². The molecule has 8 heteroatoms. The number of fused-ring (bicyclic) bond motifs is 3. The molecule has 2 bridgehead atoms. The molecule has 4 aliphatic heterocycles. The van der Waals surface area contributed by atoms with Crippen LogP contribution in [0.15, 0.2) is 42.5 Å². The lowest BCUT2D eigenvalue weighted by Crippen LogP contribution is -2.73. The van der Waals surface area contributed by atoms with Gasteiger partial charge in [-0.15, -0.1) is 0 Å². The molecule has 2 aliphatic carbocycles. The van der Waals surface area contributed by atoms with Gasteiger partial charge in [0.1, 0.15) is 11.3 Å². The Morgan fingerprint density at radius 3 is 2.32 bits per heavy atom. The first-order valence-corrected chi connectivity index (χ1v) is 13.6. The molecule has 196 valence electrons. The Kier molecular flexibility index (Phi) is 6.40. The molecule has 0 spiro atoms. The predicted octanol–water partition coefficient (Wildman–Crippen LogP) is 3.40. The summed E-state index contributed by atoms with van der Waals surface area (Å²) in [6, 6.07) is 15.6. The molecular formula is C30H32N4O4. The normalized spacial score (nSPS) is 26.2. The minimum atomic E-state index is -0.848. The van der Waals surface area contributed by atoms with Crippen molar-refractivity contribution >= 4 is 17.7 Å². The Bertz CT molecular complexity index is 1300. The largest absolute Gasteiger partial charge is 0.490 e. The van der Waals surface area contributed by atoms with Gasteiger partial charge in [-0.25, -0.2) is 0 Å². The Labute approximate surface area is 222 Å². The third kappa shape index (κ3) is 4.35. The molecule has 0 atom stereocenters. The molecule has 2 aromatic rings. The molecule has 3 amide bonds. The highest BCUT2D eigenvalue weighted by Gasteiger charge is 2.62. The molecule has 2 aromatic carbocycles. The molecular weight excluding hydrogens is 480 g/mol. The van der Waals surface area contributed by atoms with Crippen LogP contribution >= 0.6 is 0 Å². The van der Waals surface area contributed by atoms with E-state index in [2.05, 4.69) is 16.7 Å². The van der Waals surface area contributed by atoms with Crippen molar-refractivity contribution in [2.45, 2.75) is 69.1 Å². The zero-order chi connectivity index (χ0) is 26.3. The number of benzene rings is 2. The van der Waals surface area contributed by atoms with Crippen molar-refractivity contribution < 1.29 is 19.1 Å². The maximum atomic E-state index is 12.9. The Morgan fingerprint density at radius 1 is 0.947 bits per heavy atom. The summed E-state index contributed by atoms with van der Waals surface area (Å²) in [5, 5.41) is 14.2. The van der Waals surface area contributed by atoms with Crippen LogP contribution in [-0.4, -0.2) is 47.4 Å². The molecule has 4 heterocycles. The van der Waals surface area contributed by atoms with Gasteiger partial charge in [0.2, 0.25) is 5.91 Å². The second-order valence-electron chi connectivity index (χ2n) is 11.1. The molecule has 8 nitrogen and oxygen atoms in total. The number of rotatable bonds is 4. The number of carbonyl (C=O) groups excluding carboxylic acids is 3. The van der Waals surface area contributed by atoms with Crippen molar-refractivity contribution in [3.05, 3.63) is 64.7 Å². The zero-order valence-corrected chi connectivity index (χ0v) is 21.4. The monoisotopic (exact) mass is 512 g/mol. The van der Waals surface area contributed by atoms with Gasteiger partial charge in [0.05, 0.1) is 17.7 Å². The van der Waals surface area contributed by atoms with Crippen LogP contribution in [-0.2, 0) is 16.1 Å². The first-order valence-electron chi connectivity index (χ1n) is 13.6. The van der Waals surface area contributed by atoms with Gasteiger partial charge in [0, 0.05) is 37.0 Å². The van der Waals surface area contributed by atoms with Crippen LogP contribution in [0.2, 0.25) is 0 Å². The van der Waals surface area contributed by atoms with E-state index in [1.807, 2.05) is 42.5 Å². The molecule has 5 fully saturated rings. The number of nitrogens with one attached hydrogen (secondary N) is 2. The third-order valence-electron chi connectivity index (χ3n) is 8.74. The lowest BCUT2D eigenvalue weighted by atomic mass is 9.63. The Balaban J connectivity index is 0.000000184. The molecule has 8 rings (SSSR count). The van der Waals surface area contributed by atoms with Crippen LogP contribution in [0.3, 0.4) is 0 Å². The lowest BCUT2D eigenvalue weighted by molar-refractivity contribution is -0.160. The van der Waals surface area contributed by atoms with E-state index in [0.717, 1.165) is 42.8 Å². The van der Waals surface area contributed by atoms with Gasteiger partial charge < -0.3 is 15.0 Å². The summed E-state index contributed by atoms with van der Waals surface area (Å²) in [4.78, 5) is 38.6. The number of carbonyl (C=O) groups is 3. The summed E-state index contributed by atoms with van der Waals surface area (Å²) >= 11 is 0. The number of piperidine rings is 2. The molecule has 3 saturated heterocycles. The third-order valence-corrected chi connectivity index (χ3v) is 8.74. The van der Waals surface area contributed by atoms with E-state index >= 15 is 0 Å². The number of ether oxygens (including phenoxy) is 1. The van der Waals surface area contributed by atoms with Gasteiger partial charge in [-0.05, 0) is 80.0 Å². The molecule has 6 aliphatic rings. The van der Waals surface area contributed by atoms with Crippen molar-refractivity contribution in [2.75, 3.05) is 13.1 Å². The topological polar surface area (TPSA) is 112 Å². The minimum Gasteiger partial charge on any atom is -0.490 e. The molecule has 2 saturated carbocycles. The van der Waals surface area contributed by atoms with Crippen LogP contribution in [0.1, 0.15) is 77.9 Å². The van der Waals surface area contributed by atoms with E-state index in [1.165, 1.54) is 24.8 Å². The van der Waals surface area contributed by atoms with Crippen LogP contribution in [0.25, 0.3) is 0 Å². The van der Waals surface area contributed by atoms with Crippen molar-refractivity contribution in [1.82, 2.24) is 15.5 Å². The maximum Gasteiger partial charge on any atom is 0.255 e. The highest BCUT2D eigenvalue weighted by atomic mass is 16.5. The van der Waals surface area contributed by atoms with Crippen molar-refractivity contribution in [1.29, 1.82) is 5.26 Å². The van der Waals surface area contributed by atoms with E-state index in [9.17, 15) is 14.4 Å². The fraction of sp³-hybridized carbons (Fsp3) is 0.467. The fourth-order valence-electron chi connectivity index (χ4n) is 6.25. The molecule has 0 aromatic heterocycles. The van der Waals surface area contributed by atoms with Crippen molar-refractivity contribution in [3.8, 4) is 11.8 Å². The van der Waals surface area contributed by atoms with Gasteiger partial charge in [-0.3, -0.25) is 19.7 Å². The van der Waals surface area contributed by atoms with Gasteiger partial charge in [-0.1, -0.05) is 18.6 Å². The summed E-state index contributed by atoms with van der Waals surface area (Å²) in [6.45, 7) is 2.56. The first kappa shape index (κ1) is 24.6. The summed E-state index contributed by atoms with van der Waals surface area (Å²) in [7, 11) is 0. The maximum absolute atomic E-state index is 12.9. The Hall–Kier alpha value is -3.70. The first-order chi connectivity index (χ1) is 18.5. The second kappa shape index (κ2) is 9.88. The van der Waals surface area contributed by atoms with Crippen LogP contribution in [0.4, 0.5) is 0 Å². The lowest BCUT2D eigenvalue weighted by Gasteiger charge is -2.53. The number of hydrogen-bond donors (Lipinski definition) is 2. The van der Waals surface area contributed by atoms with E-state index in [-0.39, 0.29) is 29.7 Å². The fourth-order valence-corrected chi connectivity index (χ4v) is 6.25. The quantitative estimate of drug-likeness (QED) is 0.608. The summed E-state index contributed by atoms with van der Waals surface area (Å²) in [5.74, 6) is 0.672. The number of hydrogen-bond acceptors (Lipinski definition) is 6. The van der Waals surface area contributed by atoms with Gasteiger partial charge in [0.25, 0.3) is 11.8 Å². The highest BCUT2D eigenvalue weighted by Crippen LogP contribution is 2.49. The average molecular weight is 513 g/mol. The number of nitriles is 1. The number of amides is 3. The second-order valence-corrected chi connectivity index (χ2v) is 11.1. The summed E-state index contributed by atoms with van der Waals surface area (Å²) in [6.07, 6.45) is 7.02. The van der Waals surface area contributed by atoms with E-state index in [1.54, 1.807) is 4.90 Å². The summed E-state index contributed by atoms with van der Waals surface area (Å²) in [5.41, 5.74) is 2.78. The van der Waals surface area contributed by atoms with Gasteiger partial charge in [0.15, 0.2) is 0 Å². The molecule has 0 radical (unpaired) electrons. The summed E-state index contributed by atoms with van der Waals surface area (Å²) < 4.78 is 6.11. The standard InChI is InChI=1S/C20H22N2O4.C10H10N2/c23-17-13-9-20(10-13,19(25)21-17)22-11-12-8-15(6-7-16(12)18(22)24)26-14-4-2-1-3-5-14;11-5-8-1-3-9(4-2-8)10-6-12-7-10/h6-8,13-14H,1-5,9-11H2,(H,21,23,25);1-4,10,12H,6-7H2. The van der Waals surface area contributed by atoms with Crippen molar-refractivity contribution in [3.63, 3.8) is 0 Å². The van der Waals surface area contributed by atoms with E-state index in [4.69, 9.17) is 10.00 Å². The van der Waals surface area contributed by atoms with Crippen LogP contribution in [0, 0.1) is 17.2 Å². The van der Waals surface area contributed by atoms with Crippen LogP contribution in [0.5, 0.6) is 5.75 Å². The van der Waals surface area contributed by atoms with Gasteiger partial charge >= 0.3 is 0 Å². The predicted molar refractivity (Wildman–Crippen MR) is 139 cm³/mol. The van der Waals surface area contributed by atoms with Crippen LogP contribution < -0.4 is 15.4 Å². The smallest absolute Gasteiger partial charge is 0.255 e. The number of imide groups is 1. The minimum absolute atomic E-state index is 0.118. The van der Waals surface area contributed by atoms with Gasteiger partial charge in [-0.2, -0.15) is 5.26 Å². The zero-order valence-electron chi connectivity index (χ0n) is 21.4. The highest BCUT2D eigenvalue weighted by molar-refractivity contribution is 6.10. The average Bonchev–Trinajstić information content (AvgIpc) is 3.19. The van der Waals surface area contributed by atoms with E-state index in [0.29, 0.717) is 30.9 Å². The van der Waals surface area contributed by atoms with Crippen molar-refractivity contribution in [2.24, 2.45) is 5.92 Å². The SMILES string of the molecule is N#Cc1ccc(C2CNC2)cc1.O=C1NC(=O)C2(N3Cc4cc(OC5CCCCC5)ccc4C3=O)CC1C2. The molecule has 0 unspecified atom stereocenters. The number of nitrogens with zero attached hydrogens (tertiary/aromatic N) is 2.